The molecule has 27 heavy (non-hydrogen) atoms. The number of amides is 1. The monoisotopic (exact) mass is 391 g/mol. The largest absolute Gasteiger partial charge is 0.348 e. The second-order valence-corrected chi connectivity index (χ2v) is 8.29. The van der Waals surface area contributed by atoms with E-state index in [2.05, 4.69) is 15.0 Å². The topological polar surface area (TPSA) is 108 Å². The summed E-state index contributed by atoms with van der Waals surface area (Å²) < 4.78 is 27.1. The molecule has 0 fully saturated rings. The van der Waals surface area contributed by atoms with Crippen LogP contribution in [-0.4, -0.2) is 25.4 Å². The Labute approximate surface area is 159 Å². The molecular weight excluding hydrogens is 366 g/mol. The molecular formula is C19H25N3O4S. The predicted octanol–water partition coefficient (Wildman–Crippen LogP) is 2.00. The lowest BCUT2D eigenvalue weighted by Gasteiger charge is -2.12. The average Bonchev–Trinajstić information content (AvgIpc) is 2.60. The fourth-order valence-electron chi connectivity index (χ4n) is 2.57. The maximum atomic E-state index is 12.3. The molecule has 2 rings (SSSR count). The number of aryl methyl sites for hydroxylation is 2. The van der Waals surface area contributed by atoms with E-state index in [1.54, 1.807) is 13.8 Å². The van der Waals surface area contributed by atoms with Crippen LogP contribution in [0.1, 0.15) is 47.4 Å². The summed E-state index contributed by atoms with van der Waals surface area (Å²) in [6.45, 7) is 7.38. The van der Waals surface area contributed by atoms with Crippen LogP contribution < -0.4 is 15.6 Å². The maximum Gasteiger partial charge on any atom is 0.253 e. The van der Waals surface area contributed by atoms with Crippen LogP contribution in [0.4, 0.5) is 0 Å². The zero-order valence-corrected chi connectivity index (χ0v) is 16.7. The summed E-state index contributed by atoms with van der Waals surface area (Å²) in [5.74, 6) is -0.381. The summed E-state index contributed by atoms with van der Waals surface area (Å²) in [5, 5.41) is 2.69. The van der Waals surface area contributed by atoms with Crippen molar-refractivity contribution < 1.29 is 13.2 Å². The number of pyridine rings is 1. The number of H-pyrrole nitrogens is 1. The van der Waals surface area contributed by atoms with Gasteiger partial charge in [-0.3, -0.25) is 9.59 Å². The molecule has 146 valence electrons. The van der Waals surface area contributed by atoms with E-state index in [-0.39, 0.29) is 28.9 Å². The zero-order chi connectivity index (χ0) is 20.2. The maximum absolute atomic E-state index is 12.3. The van der Waals surface area contributed by atoms with Gasteiger partial charge >= 0.3 is 0 Å². The lowest BCUT2D eigenvalue weighted by atomic mass is 10.1. The van der Waals surface area contributed by atoms with Crippen molar-refractivity contribution in [2.24, 2.45) is 0 Å². The summed E-state index contributed by atoms with van der Waals surface area (Å²) >= 11 is 0. The Morgan fingerprint density at radius 1 is 1.19 bits per heavy atom. The van der Waals surface area contributed by atoms with Gasteiger partial charge in [-0.2, -0.15) is 0 Å². The van der Waals surface area contributed by atoms with Gasteiger partial charge in [-0.1, -0.05) is 6.92 Å². The Morgan fingerprint density at radius 2 is 1.81 bits per heavy atom. The van der Waals surface area contributed by atoms with E-state index in [0.29, 0.717) is 17.5 Å². The van der Waals surface area contributed by atoms with Gasteiger partial charge in [0.2, 0.25) is 10.0 Å². The number of benzene rings is 1. The molecule has 1 aromatic heterocycles. The van der Waals surface area contributed by atoms with Crippen molar-refractivity contribution in [2.75, 3.05) is 0 Å². The minimum atomic E-state index is -3.61. The van der Waals surface area contributed by atoms with Gasteiger partial charge in [0.1, 0.15) is 0 Å². The van der Waals surface area contributed by atoms with Crippen molar-refractivity contribution in [1.29, 1.82) is 0 Å². The summed E-state index contributed by atoms with van der Waals surface area (Å²) in [7, 11) is -3.61. The van der Waals surface area contributed by atoms with Gasteiger partial charge in [-0.25, -0.2) is 13.1 Å². The molecule has 1 amide bonds. The minimum Gasteiger partial charge on any atom is -0.348 e. The Morgan fingerprint density at radius 3 is 2.37 bits per heavy atom. The predicted molar refractivity (Wildman–Crippen MR) is 104 cm³/mol. The van der Waals surface area contributed by atoms with Crippen LogP contribution >= 0.6 is 0 Å². The summed E-state index contributed by atoms with van der Waals surface area (Å²) in [6.07, 6.45) is 0.678. The quantitative estimate of drug-likeness (QED) is 0.671. The fourth-order valence-corrected chi connectivity index (χ4v) is 3.90. The van der Waals surface area contributed by atoms with Crippen molar-refractivity contribution in [3.05, 3.63) is 63.1 Å². The lowest BCUT2D eigenvalue weighted by molar-refractivity contribution is 0.0950. The molecule has 0 saturated carbocycles. The first-order chi connectivity index (χ1) is 12.6. The van der Waals surface area contributed by atoms with Crippen LogP contribution in [0.25, 0.3) is 0 Å². The number of nitrogens with one attached hydrogen (secondary N) is 3. The van der Waals surface area contributed by atoms with E-state index in [1.807, 2.05) is 19.9 Å². The molecule has 0 unspecified atom stereocenters. The first-order valence-corrected chi connectivity index (χ1v) is 10.2. The number of rotatable bonds is 7. The first kappa shape index (κ1) is 20.9. The van der Waals surface area contributed by atoms with E-state index in [4.69, 9.17) is 0 Å². The molecule has 0 radical (unpaired) electrons. The van der Waals surface area contributed by atoms with E-state index in [9.17, 15) is 18.0 Å². The molecule has 1 heterocycles. The summed E-state index contributed by atoms with van der Waals surface area (Å²) in [4.78, 5) is 27.1. The van der Waals surface area contributed by atoms with E-state index in [0.717, 1.165) is 11.3 Å². The van der Waals surface area contributed by atoms with Crippen LogP contribution in [0.15, 0.2) is 40.0 Å². The molecule has 0 aliphatic heterocycles. The van der Waals surface area contributed by atoms with E-state index in [1.165, 1.54) is 24.3 Å². The van der Waals surface area contributed by atoms with Gasteiger partial charge < -0.3 is 10.3 Å². The van der Waals surface area contributed by atoms with Crippen LogP contribution in [-0.2, 0) is 16.6 Å². The second-order valence-electron chi connectivity index (χ2n) is 6.58. The number of hydrogen-bond acceptors (Lipinski definition) is 4. The molecule has 2 aromatic rings. The molecule has 0 aliphatic carbocycles. The highest BCUT2D eigenvalue weighted by Crippen LogP contribution is 2.12. The Bertz CT molecular complexity index is 979. The molecule has 0 spiro atoms. The highest BCUT2D eigenvalue weighted by atomic mass is 32.2. The Hall–Kier alpha value is -2.45. The Kier molecular flexibility index (Phi) is 6.56. The van der Waals surface area contributed by atoms with Gasteiger partial charge in [-0.05, 0) is 63.1 Å². The number of aromatic nitrogens is 1. The van der Waals surface area contributed by atoms with Crippen LogP contribution in [0, 0.1) is 13.8 Å². The fraction of sp³-hybridized carbons (Fsp3) is 0.368. The zero-order valence-electron chi connectivity index (χ0n) is 15.9. The number of sulfonamides is 1. The summed E-state index contributed by atoms with van der Waals surface area (Å²) in [6, 6.07) is 7.35. The molecule has 3 N–H and O–H groups in total. The number of hydrogen-bond donors (Lipinski definition) is 3. The molecule has 0 aliphatic rings. The number of carbonyl (C=O) groups is 1. The van der Waals surface area contributed by atoms with Crippen molar-refractivity contribution in [2.45, 2.75) is 51.6 Å². The number of aromatic amines is 1. The van der Waals surface area contributed by atoms with E-state index < -0.39 is 10.0 Å². The van der Waals surface area contributed by atoms with Gasteiger partial charge in [-0.15, -0.1) is 0 Å². The lowest BCUT2D eigenvalue weighted by Crippen LogP contribution is -2.32. The molecule has 1 aromatic carbocycles. The average molecular weight is 391 g/mol. The van der Waals surface area contributed by atoms with Gasteiger partial charge in [0.15, 0.2) is 0 Å². The van der Waals surface area contributed by atoms with Crippen LogP contribution in [0.3, 0.4) is 0 Å². The minimum absolute atomic E-state index is 0.0932. The van der Waals surface area contributed by atoms with Crippen LogP contribution in [0.2, 0.25) is 0 Å². The van der Waals surface area contributed by atoms with Gasteiger partial charge in [0.05, 0.1) is 4.90 Å². The standard InChI is InChI=1S/C19H25N3O4S/c1-5-13(3)22-27(25,26)16-8-6-15(7-9-16)18(23)20-11-17-12(2)10-14(4)21-19(17)24/h6-10,13,22H,5,11H2,1-4H3,(H,20,23)(H,21,24)/t13-/m1/s1. The van der Waals surface area contributed by atoms with Gasteiger partial charge in [0, 0.05) is 29.4 Å². The molecule has 7 nitrogen and oxygen atoms in total. The molecule has 0 bridgehead atoms. The summed E-state index contributed by atoms with van der Waals surface area (Å²) in [5.41, 5.74) is 2.14. The third kappa shape index (κ3) is 5.27. The number of carbonyl (C=O) groups excluding carboxylic acids is 1. The smallest absolute Gasteiger partial charge is 0.253 e. The third-order valence-electron chi connectivity index (χ3n) is 4.32. The third-order valence-corrected chi connectivity index (χ3v) is 5.92. The Balaban J connectivity index is 2.09. The second kappa shape index (κ2) is 8.49. The SMILES string of the molecule is CC[C@@H](C)NS(=O)(=O)c1ccc(C(=O)NCc2c(C)cc(C)[nH]c2=O)cc1. The first-order valence-electron chi connectivity index (χ1n) is 8.74. The van der Waals surface area contributed by atoms with E-state index >= 15 is 0 Å². The molecule has 0 saturated heterocycles. The van der Waals surface area contributed by atoms with Crippen molar-refractivity contribution >= 4 is 15.9 Å². The van der Waals surface area contributed by atoms with Crippen molar-refractivity contribution in [1.82, 2.24) is 15.0 Å². The van der Waals surface area contributed by atoms with Crippen LogP contribution in [0.5, 0.6) is 0 Å². The molecule has 8 heteroatoms. The van der Waals surface area contributed by atoms with Gasteiger partial charge in [0.25, 0.3) is 11.5 Å². The van der Waals surface area contributed by atoms with Crippen molar-refractivity contribution in [3.63, 3.8) is 0 Å². The normalized spacial score (nSPS) is 12.6. The van der Waals surface area contributed by atoms with Crippen molar-refractivity contribution in [3.8, 4) is 0 Å². The molecule has 1 atom stereocenters. The highest BCUT2D eigenvalue weighted by Gasteiger charge is 2.17. The highest BCUT2D eigenvalue weighted by molar-refractivity contribution is 7.89.